The highest BCUT2D eigenvalue weighted by Crippen LogP contribution is 2.17. The zero-order valence-electron chi connectivity index (χ0n) is 10.8. The molecule has 0 saturated carbocycles. The molecule has 92 valence electrons. The summed E-state index contributed by atoms with van der Waals surface area (Å²) in [5.74, 6) is 1.88. The molecule has 0 amide bonds. The number of rotatable bonds is 8. The van der Waals surface area contributed by atoms with Crippen LogP contribution >= 0.6 is 0 Å². The molecule has 0 saturated heterocycles. The van der Waals surface area contributed by atoms with Crippen molar-refractivity contribution in [3.8, 4) is 0 Å². The molecule has 1 aromatic heterocycles. The van der Waals surface area contributed by atoms with Gasteiger partial charge >= 0.3 is 0 Å². The number of H-pyrrole nitrogens is 1. The Bertz CT molecular complexity index is 254. The monoisotopic (exact) mass is 223 g/mol. The molecule has 0 bridgehead atoms. The molecule has 1 rings (SSSR count). The van der Waals surface area contributed by atoms with Crippen molar-refractivity contribution in [1.82, 2.24) is 15.3 Å². The second-order valence-electron chi connectivity index (χ2n) is 4.81. The van der Waals surface area contributed by atoms with Crippen molar-refractivity contribution in [2.24, 2.45) is 5.92 Å². The van der Waals surface area contributed by atoms with Gasteiger partial charge in [0.1, 0.15) is 5.82 Å². The predicted octanol–water partition coefficient (Wildman–Crippen LogP) is 3.28. The number of aromatic nitrogens is 2. The normalized spacial score (nSPS) is 13.2. The van der Waals surface area contributed by atoms with Crippen LogP contribution in [-0.2, 0) is 0 Å². The lowest BCUT2D eigenvalue weighted by Gasteiger charge is -2.16. The van der Waals surface area contributed by atoms with Crippen LogP contribution in [0.15, 0.2) is 12.4 Å². The Morgan fingerprint density at radius 3 is 2.75 bits per heavy atom. The lowest BCUT2D eigenvalue weighted by atomic mass is 10.0. The van der Waals surface area contributed by atoms with E-state index in [0.29, 0.717) is 6.04 Å². The molecule has 3 heteroatoms. The van der Waals surface area contributed by atoms with Gasteiger partial charge in [-0.05, 0) is 25.3 Å². The van der Waals surface area contributed by atoms with E-state index in [1.165, 1.54) is 25.7 Å². The minimum atomic E-state index is 0.397. The lowest BCUT2D eigenvalue weighted by molar-refractivity contribution is 0.435. The summed E-state index contributed by atoms with van der Waals surface area (Å²) in [6.45, 7) is 7.82. The summed E-state index contributed by atoms with van der Waals surface area (Å²) in [5, 5.41) is 3.55. The van der Waals surface area contributed by atoms with E-state index in [4.69, 9.17) is 0 Å². The number of hydrogen-bond acceptors (Lipinski definition) is 2. The maximum atomic E-state index is 4.35. The molecule has 2 N–H and O–H groups in total. The third-order valence-corrected chi connectivity index (χ3v) is 2.76. The minimum Gasteiger partial charge on any atom is -0.347 e. The Morgan fingerprint density at radius 1 is 1.38 bits per heavy atom. The molecule has 3 nitrogen and oxygen atoms in total. The summed E-state index contributed by atoms with van der Waals surface area (Å²) in [7, 11) is 0. The van der Waals surface area contributed by atoms with E-state index in [-0.39, 0.29) is 0 Å². The molecule has 1 heterocycles. The molecule has 0 radical (unpaired) electrons. The van der Waals surface area contributed by atoms with Crippen molar-refractivity contribution in [3.05, 3.63) is 18.2 Å². The van der Waals surface area contributed by atoms with E-state index in [0.717, 1.165) is 18.3 Å². The first-order valence-corrected chi connectivity index (χ1v) is 6.46. The van der Waals surface area contributed by atoms with Gasteiger partial charge in [0.05, 0.1) is 6.04 Å². The molecular weight excluding hydrogens is 198 g/mol. The van der Waals surface area contributed by atoms with Gasteiger partial charge in [-0.3, -0.25) is 0 Å². The van der Waals surface area contributed by atoms with Crippen LogP contribution in [0.3, 0.4) is 0 Å². The molecule has 1 aromatic rings. The standard InChI is InChI=1S/C13H25N3/c1-4-8-14-12(7-5-6-11(2)3)13-15-9-10-16-13/h9-12,14H,4-8H2,1-3H3,(H,15,16). The van der Waals surface area contributed by atoms with E-state index in [1.807, 2.05) is 12.4 Å². The number of nitrogens with one attached hydrogen (secondary N) is 2. The third kappa shape index (κ3) is 4.79. The second kappa shape index (κ2) is 7.44. The number of hydrogen-bond donors (Lipinski definition) is 2. The first-order valence-electron chi connectivity index (χ1n) is 6.46. The maximum absolute atomic E-state index is 4.35. The topological polar surface area (TPSA) is 40.7 Å². The van der Waals surface area contributed by atoms with Crippen LogP contribution in [0.1, 0.15) is 58.3 Å². The van der Waals surface area contributed by atoms with Crippen LogP contribution in [0.25, 0.3) is 0 Å². The van der Waals surface area contributed by atoms with Crippen molar-refractivity contribution in [3.63, 3.8) is 0 Å². The number of imidazole rings is 1. The number of nitrogens with zero attached hydrogens (tertiary/aromatic N) is 1. The Labute approximate surface area is 99.1 Å². The molecule has 0 fully saturated rings. The van der Waals surface area contributed by atoms with E-state index >= 15 is 0 Å². The quantitative estimate of drug-likeness (QED) is 0.710. The molecule has 0 aliphatic carbocycles. The van der Waals surface area contributed by atoms with Gasteiger partial charge in [-0.25, -0.2) is 4.98 Å². The molecule has 1 atom stereocenters. The zero-order valence-corrected chi connectivity index (χ0v) is 10.8. The summed E-state index contributed by atoms with van der Waals surface area (Å²) in [5.41, 5.74) is 0. The Hall–Kier alpha value is -0.830. The van der Waals surface area contributed by atoms with Gasteiger partial charge in [0, 0.05) is 12.4 Å². The van der Waals surface area contributed by atoms with Gasteiger partial charge in [0.15, 0.2) is 0 Å². The Kier molecular flexibility index (Phi) is 6.16. The summed E-state index contributed by atoms with van der Waals surface area (Å²) in [6, 6.07) is 0.397. The van der Waals surface area contributed by atoms with Gasteiger partial charge in [-0.1, -0.05) is 33.6 Å². The Morgan fingerprint density at radius 2 is 2.19 bits per heavy atom. The molecule has 1 unspecified atom stereocenters. The van der Waals surface area contributed by atoms with Gasteiger partial charge in [-0.2, -0.15) is 0 Å². The van der Waals surface area contributed by atoms with E-state index in [9.17, 15) is 0 Å². The average molecular weight is 223 g/mol. The van der Waals surface area contributed by atoms with E-state index in [2.05, 4.69) is 36.1 Å². The highest BCUT2D eigenvalue weighted by atomic mass is 15.0. The fourth-order valence-corrected chi connectivity index (χ4v) is 1.85. The summed E-state index contributed by atoms with van der Waals surface area (Å²) >= 11 is 0. The van der Waals surface area contributed by atoms with Crippen molar-refractivity contribution in [2.75, 3.05) is 6.54 Å². The molecule has 0 aliphatic heterocycles. The minimum absolute atomic E-state index is 0.397. The van der Waals surface area contributed by atoms with E-state index in [1.54, 1.807) is 0 Å². The average Bonchev–Trinajstić information content (AvgIpc) is 2.75. The maximum Gasteiger partial charge on any atom is 0.123 e. The van der Waals surface area contributed by atoms with Crippen LogP contribution in [0, 0.1) is 5.92 Å². The van der Waals surface area contributed by atoms with Crippen molar-refractivity contribution in [2.45, 2.75) is 52.5 Å². The van der Waals surface area contributed by atoms with E-state index < -0.39 is 0 Å². The van der Waals surface area contributed by atoms with Crippen LogP contribution in [-0.4, -0.2) is 16.5 Å². The zero-order chi connectivity index (χ0) is 11.8. The van der Waals surface area contributed by atoms with Crippen LogP contribution < -0.4 is 5.32 Å². The van der Waals surface area contributed by atoms with Gasteiger partial charge in [0.2, 0.25) is 0 Å². The first kappa shape index (κ1) is 13.2. The fraction of sp³-hybridized carbons (Fsp3) is 0.769. The molecular formula is C13H25N3. The second-order valence-corrected chi connectivity index (χ2v) is 4.81. The summed E-state index contributed by atoms with van der Waals surface area (Å²) < 4.78 is 0. The largest absolute Gasteiger partial charge is 0.347 e. The lowest BCUT2D eigenvalue weighted by Crippen LogP contribution is -2.23. The molecule has 0 aromatic carbocycles. The van der Waals surface area contributed by atoms with Gasteiger partial charge < -0.3 is 10.3 Å². The highest BCUT2D eigenvalue weighted by molar-refractivity contribution is 4.95. The molecule has 16 heavy (non-hydrogen) atoms. The van der Waals surface area contributed by atoms with Crippen LogP contribution in [0.4, 0.5) is 0 Å². The van der Waals surface area contributed by atoms with Crippen LogP contribution in [0.5, 0.6) is 0 Å². The van der Waals surface area contributed by atoms with Crippen LogP contribution in [0.2, 0.25) is 0 Å². The summed E-state index contributed by atoms with van der Waals surface area (Å²) in [4.78, 5) is 7.56. The fourth-order valence-electron chi connectivity index (χ4n) is 1.85. The van der Waals surface area contributed by atoms with Gasteiger partial charge in [0.25, 0.3) is 0 Å². The van der Waals surface area contributed by atoms with Crippen molar-refractivity contribution >= 4 is 0 Å². The SMILES string of the molecule is CCCNC(CCCC(C)C)c1ncc[nH]1. The predicted molar refractivity (Wildman–Crippen MR) is 68.3 cm³/mol. The molecule has 0 spiro atoms. The smallest absolute Gasteiger partial charge is 0.123 e. The van der Waals surface area contributed by atoms with Crippen molar-refractivity contribution < 1.29 is 0 Å². The first-order chi connectivity index (χ1) is 7.74. The summed E-state index contributed by atoms with van der Waals surface area (Å²) in [6.07, 6.45) is 8.63. The van der Waals surface area contributed by atoms with Gasteiger partial charge in [-0.15, -0.1) is 0 Å². The Balaban J connectivity index is 2.38. The van der Waals surface area contributed by atoms with Crippen molar-refractivity contribution in [1.29, 1.82) is 0 Å². The number of aromatic amines is 1. The molecule has 0 aliphatic rings. The highest BCUT2D eigenvalue weighted by Gasteiger charge is 2.12. The third-order valence-electron chi connectivity index (χ3n) is 2.76.